The fraction of sp³-hybridized carbons (Fsp3) is 0.286. The van der Waals surface area contributed by atoms with Crippen LogP contribution >= 0.6 is 0 Å². The highest BCUT2D eigenvalue weighted by molar-refractivity contribution is 5.88. The van der Waals surface area contributed by atoms with Crippen LogP contribution in [0.2, 0.25) is 0 Å². The van der Waals surface area contributed by atoms with Crippen molar-refractivity contribution < 1.29 is 9.53 Å². The first-order valence-corrected chi connectivity index (χ1v) is 2.57. The molecule has 9 heavy (non-hydrogen) atoms. The lowest BCUT2D eigenvalue weighted by molar-refractivity contribution is -0.132. The summed E-state index contributed by atoms with van der Waals surface area (Å²) in [6.45, 7) is 5.23. The zero-order valence-corrected chi connectivity index (χ0v) is 5.31. The quantitative estimate of drug-likeness (QED) is 0.313. The van der Waals surface area contributed by atoms with E-state index in [2.05, 4.69) is 17.7 Å². The summed E-state index contributed by atoms with van der Waals surface area (Å²) in [4.78, 5) is 10.5. The maximum Gasteiger partial charge on any atom is 0.347 e. The minimum atomic E-state index is -0.514. The van der Waals surface area contributed by atoms with Gasteiger partial charge in [0.2, 0.25) is 0 Å². The van der Waals surface area contributed by atoms with Gasteiger partial charge in [-0.1, -0.05) is 19.9 Å². The lowest BCUT2D eigenvalue weighted by Crippen LogP contribution is -2.01. The molecule has 0 heterocycles. The third-order valence-electron chi connectivity index (χ3n) is 0.867. The number of terminal acetylenes is 1. The number of hydrogen-bond acceptors (Lipinski definition) is 2. The predicted molar refractivity (Wildman–Crippen MR) is 34.4 cm³/mol. The number of hydrogen-bond donors (Lipinski definition) is 0. The van der Waals surface area contributed by atoms with Gasteiger partial charge in [-0.3, -0.25) is 0 Å². The van der Waals surface area contributed by atoms with Gasteiger partial charge in [0.05, 0.1) is 0 Å². The molecular formula is C7H8O2. The molecule has 0 bridgehead atoms. The van der Waals surface area contributed by atoms with Crippen LogP contribution in [-0.2, 0) is 9.53 Å². The molecule has 0 aromatic heterocycles. The normalized spacial score (nSPS) is 7.56. The molecule has 2 nitrogen and oxygen atoms in total. The third kappa shape index (κ3) is 2.55. The van der Waals surface area contributed by atoms with E-state index in [1.54, 1.807) is 13.0 Å². The number of carbonyl (C=O) groups excluding carboxylic acids is 1. The van der Waals surface area contributed by atoms with Crippen LogP contribution in [0.1, 0.15) is 13.3 Å². The molecule has 0 rings (SSSR count). The Bertz CT molecular complexity index is 162. The van der Waals surface area contributed by atoms with Crippen LogP contribution in [0.3, 0.4) is 0 Å². The van der Waals surface area contributed by atoms with E-state index >= 15 is 0 Å². The second-order valence-electron chi connectivity index (χ2n) is 1.46. The largest absolute Gasteiger partial charge is 0.369 e. The van der Waals surface area contributed by atoms with Gasteiger partial charge in [-0.15, -0.1) is 0 Å². The lowest BCUT2D eigenvalue weighted by Gasteiger charge is -1.94. The zero-order valence-electron chi connectivity index (χ0n) is 5.31. The van der Waals surface area contributed by atoms with Crippen LogP contribution in [0, 0.1) is 12.5 Å². The first kappa shape index (κ1) is 7.77. The van der Waals surface area contributed by atoms with Crippen molar-refractivity contribution in [2.24, 2.45) is 0 Å². The summed E-state index contributed by atoms with van der Waals surface area (Å²) < 4.78 is 4.18. The van der Waals surface area contributed by atoms with Crippen molar-refractivity contribution in [2.75, 3.05) is 0 Å². The highest BCUT2D eigenvalue weighted by Crippen LogP contribution is 1.97. The average Bonchev–Trinajstić information content (AvgIpc) is 1.87. The summed E-state index contributed by atoms with van der Waals surface area (Å²) in [6.07, 6.45) is 7.03. The van der Waals surface area contributed by atoms with Crippen LogP contribution in [0.15, 0.2) is 12.2 Å². The molecule has 0 saturated carbocycles. The maximum atomic E-state index is 10.5. The molecule has 0 fully saturated rings. The molecule has 48 valence electrons. The fourth-order valence-corrected chi connectivity index (χ4v) is 0.270. The number of ether oxygens (including phenoxy) is 1. The average molecular weight is 124 g/mol. The summed E-state index contributed by atoms with van der Waals surface area (Å²) in [6, 6.07) is 0. The standard InChI is InChI=1S/C7H8O2/c1-4-6(3)7(8)9-5-2/h2H,3-4H2,1H3. The van der Waals surface area contributed by atoms with Crippen LogP contribution in [0.4, 0.5) is 0 Å². The second-order valence-corrected chi connectivity index (χ2v) is 1.46. The van der Waals surface area contributed by atoms with Gasteiger partial charge in [-0.05, 0) is 6.42 Å². The molecule has 0 aliphatic rings. The van der Waals surface area contributed by atoms with E-state index in [4.69, 9.17) is 0 Å². The second kappa shape index (κ2) is 3.73. The summed E-state index contributed by atoms with van der Waals surface area (Å²) in [7, 11) is 0. The molecule has 2 heteroatoms. The van der Waals surface area contributed by atoms with Gasteiger partial charge in [0.15, 0.2) is 0 Å². The molecule has 0 spiro atoms. The van der Waals surface area contributed by atoms with Crippen LogP contribution < -0.4 is 0 Å². The van der Waals surface area contributed by atoms with E-state index in [1.807, 2.05) is 0 Å². The Morgan fingerprint density at radius 1 is 1.89 bits per heavy atom. The highest BCUT2D eigenvalue weighted by Gasteiger charge is 2.02. The van der Waals surface area contributed by atoms with Crippen molar-refractivity contribution in [2.45, 2.75) is 13.3 Å². The van der Waals surface area contributed by atoms with Crippen molar-refractivity contribution >= 4 is 5.97 Å². The lowest BCUT2D eigenvalue weighted by atomic mass is 10.2. The third-order valence-corrected chi connectivity index (χ3v) is 0.867. The topological polar surface area (TPSA) is 26.3 Å². The Balaban J connectivity index is 3.77. The van der Waals surface area contributed by atoms with E-state index < -0.39 is 5.97 Å². The smallest absolute Gasteiger partial charge is 0.347 e. The van der Waals surface area contributed by atoms with Gasteiger partial charge in [-0.25, -0.2) is 4.79 Å². The molecule has 0 aliphatic carbocycles. The van der Waals surface area contributed by atoms with Gasteiger partial charge in [0.1, 0.15) is 6.11 Å². The van der Waals surface area contributed by atoms with Crippen LogP contribution in [-0.4, -0.2) is 5.97 Å². The molecule has 0 unspecified atom stereocenters. The first-order chi connectivity index (χ1) is 4.22. The Morgan fingerprint density at radius 3 is 2.78 bits per heavy atom. The van der Waals surface area contributed by atoms with Gasteiger partial charge in [0.25, 0.3) is 0 Å². The van der Waals surface area contributed by atoms with Gasteiger partial charge in [-0.2, -0.15) is 0 Å². The Morgan fingerprint density at radius 2 is 2.44 bits per heavy atom. The van der Waals surface area contributed by atoms with E-state index in [-0.39, 0.29) is 0 Å². The monoisotopic (exact) mass is 124 g/mol. The first-order valence-electron chi connectivity index (χ1n) is 2.57. The van der Waals surface area contributed by atoms with Crippen molar-refractivity contribution in [3.05, 3.63) is 12.2 Å². The summed E-state index contributed by atoms with van der Waals surface area (Å²) in [5.74, 6) is -0.514. The van der Waals surface area contributed by atoms with E-state index in [0.29, 0.717) is 12.0 Å². The van der Waals surface area contributed by atoms with Gasteiger partial charge in [0, 0.05) is 5.57 Å². The number of carbonyl (C=O) groups is 1. The van der Waals surface area contributed by atoms with E-state index in [1.165, 1.54) is 0 Å². The Kier molecular flexibility index (Phi) is 3.22. The van der Waals surface area contributed by atoms with Crippen molar-refractivity contribution in [1.29, 1.82) is 0 Å². The molecule has 0 radical (unpaired) electrons. The molecular weight excluding hydrogens is 116 g/mol. The van der Waals surface area contributed by atoms with Crippen molar-refractivity contribution in [3.63, 3.8) is 0 Å². The summed E-state index contributed by atoms with van der Waals surface area (Å²) in [5.41, 5.74) is 0.396. The summed E-state index contributed by atoms with van der Waals surface area (Å²) >= 11 is 0. The molecule has 0 saturated heterocycles. The molecule has 0 amide bonds. The molecule has 0 atom stereocenters. The Hall–Kier alpha value is -1.23. The highest BCUT2D eigenvalue weighted by atomic mass is 16.5. The van der Waals surface area contributed by atoms with Crippen LogP contribution in [0.5, 0.6) is 0 Å². The van der Waals surface area contributed by atoms with Crippen molar-refractivity contribution in [3.8, 4) is 12.5 Å². The predicted octanol–water partition coefficient (Wildman–Crippen LogP) is 1.09. The molecule has 0 N–H and O–H groups in total. The van der Waals surface area contributed by atoms with Crippen molar-refractivity contribution in [1.82, 2.24) is 0 Å². The van der Waals surface area contributed by atoms with Gasteiger partial charge >= 0.3 is 5.97 Å². The maximum absolute atomic E-state index is 10.5. The number of esters is 1. The molecule has 0 aromatic carbocycles. The Labute approximate surface area is 54.5 Å². The van der Waals surface area contributed by atoms with E-state index in [0.717, 1.165) is 0 Å². The number of rotatable bonds is 2. The van der Waals surface area contributed by atoms with Crippen LogP contribution in [0.25, 0.3) is 0 Å². The fourth-order valence-electron chi connectivity index (χ4n) is 0.270. The van der Waals surface area contributed by atoms with Gasteiger partial charge < -0.3 is 4.74 Å². The zero-order chi connectivity index (χ0) is 7.28. The molecule has 0 aromatic rings. The minimum Gasteiger partial charge on any atom is -0.369 e. The summed E-state index contributed by atoms with van der Waals surface area (Å²) in [5, 5.41) is 0. The SMILES string of the molecule is C#COC(=O)C(=C)CC. The van der Waals surface area contributed by atoms with E-state index in [9.17, 15) is 4.79 Å². The molecule has 0 aliphatic heterocycles. The minimum absolute atomic E-state index is 0.396.